The third kappa shape index (κ3) is 5.74. The number of nitrogens with zero attached hydrogens (tertiary/aromatic N) is 3. The van der Waals surface area contributed by atoms with Gasteiger partial charge < -0.3 is 11.2 Å². The van der Waals surface area contributed by atoms with Crippen molar-refractivity contribution < 1.29 is 4.79 Å². The number of benzene rings is 2. The lowest BCUT2D eigenvalue weighted by molar-refractivity contribution is -0.120. The predicted octanol–water partition coefficient (Wildman–Crippen LogP) is 3.93. The van der Waals surface area contributed by atoms with Crippen LogP contribution in [0.2, 0.25) is 5.02 Å². The zero-order chi connectivity index (χ0) is 20.8. The largest absolute Gasteiger partial charge is 0.353 e. The molecule has 0 spiro atoms. The molecule has 0 unspecified atom stereocenters. The molecule has 0 fully saturated rings. The minimum atomic E-state index is -0.348. The van der Waals surface area contributed by atoms with Gasteiger partial charge in [-0.3, -0.25) is 4.79 Å². The first kappa shape index (κ1) is 21.2. The number of carbonyl (C=O) groups excluding carboxylic acids is 1. The van der Waals surface area contributed by atoms with E-state index < -0.39 is 0 Å². The van der Waals surface area contributed by atoms with Gasteiger partial charge in [0, 0.05) is 16.6 Å². The average molecular weight is 430 g/mol. The highest BCUT2D eigenvalue weighted by Crippen LogP contribution is 2.25. The Balaban J connectivity index is 1.55. The molecule has 3 rings (SSSR count). The molecular formula is C21H24ClN5OS. The summed E-state index contributed by atoms with van der Waals surface area (Å²) in [6, 6.07) is 17.5. The third-order valence-electron chi connectivity index (χ3n) is 4.52. The van der Waals surface area contributed by atoms with Gasteiger partial charge in [0.05, 0.1) is 5.25 Å². The highest BCUT2D eigenvalue weighted by Gasteiger charge is 2.21. The first-order valence-electron chi connectivity index (χ1n) is 9.41. The fourth-order valence-corrected chi connectivity index (χ4v) is 3.73. The number of aromatic nitrogens is 3. The van der Waals surface area contributed by atoms with Gasteiger partial charge in [-0.05, 0) is 56.5 Å². The molecule has 0 bridgehead atoms. The summed E-state index contributed by atoms with van der Waals surface area (Å²) in [5.41, 5.74) is 2.07. The standard InChI is InChI=1S/C21H24ClN5OS/c1-14(8-9-16-6-4-3-5-7-16)24-20(28)15(2)29-21-26-25-19(27(21)23)17-10-12-18(22)13-11-17/h3-7,10-15H,8-9,23H2,1-2H3,(H,24,28)/t14-,15+/m1/s1. The van der Waals surface area contributed by atoms with Gasteiger partial charge in [-0.1, -0.05) is 53.7 Å². The van der Waals surface area contributed by atoms with Crippen molar-refractivity contribution in [3.63, 3.8) is 0 Å². The van der Waals surface area contributed by atoms with E-state index in [1.54, 1.807) is 12.1 Å². The number of rotatable bonds is 8. The maximum absolute atomic E-state index is 12.5. The lowest BCUT2D eigenvalue weighted by Gasteiger charge is -2.17. The van der Waals surface area contributed by atoms with Gasteiger partial charge in [0.25, 0.3) is 0 Å². The molecule has 8 heteroatoms. The van der Waals surface area contributed by atoms with E-state index in [9.17, 15) is 4.79 Å². The Labute approximate surface area is 179 Å². The highest BCUT2D eigenvalue weighted by molar-refractivity contribution is 8.00. The molecule has 0 saturated heterocycles. The number of nitrogens with one attached hydrogen (secondary N) is 1. The van der Waals surface area contributed by atoms with Crippen LogP contribution in [-0.4, -0.2) is 32.1 Å². The fraction of sp³-hybridized carbons (Fsp3) is 0.286. The number of nitrogens with two attached hydrogens (primary N) is 1. The van der Waals surface area contributed by atoms with Crippen LogP contribution in [0.4, 0.5) is 0 Å². The summed E-state index contributed by atoms with van der Waals surface area (Å²) in [6.07, 6.45) is 1.80. The van der Waals surface area contributed by atoms with Crippen molar-refractivity contribution in [1.82, 2.24) is 20.2 Å². The normalized spacial score (nSPS) is 13.1. The zero-order valence-corrected chi connectivity index (χ0v) is 18.0. The Morgan fingerprint density at radius 3 is 2.52 bits per heavy atom. The second-order valence-corrected chi connectivity index (χ2v) is 8.62. The van der Waals surface area contributed by atoms with Crippen LogP contribution in [0.25, 0.3) is 11.4 Å². The minimum Gasteiger partial charge on any atom is -0.353 e. The molecule has 3 aromatic rings. The predicted molar refractivity (Wildman–Crippen MR) is 118 cm³/mol. The van der Waals surface area contributed by atoms with E-state index in [0.717, 1.165) is 18.4 Å². The Kier molecular flexibility index (Phi) is 7.17. The molecule has 0 saturated carbocycles. The van der Waals surface area contributed by atoms with Crippen molar-refractivity contribution in [2.24, 2.45) is 0 Å². The topological polar surface area (TPSA) is 85.8 Å². The van der Waals surface area contributed by atoms with Gasteiger partial charge >= 0.3 is 0 Å². The van der Waals surface area contributed by atoms with E-state index in [0.29, 0.717) is 16.0 Å². The number of thioether (sulfide) groups is 1. The molecule has 152 valence electrons. The van der Waals surface area contributed by atoms with Gasteiger partial charge in [0.1, 0.15) is 0 Å². The maximum atomic E-state index is 12.5. The lowest BCUT2D eigenvalue weighted by Crippen LogP contribution is -2.38. The van der Waals surface area contributed by atoms with E-state index in [1.165, 1.54) is 22.0 Å². The summed E-state index contributed by atoms with van der Waals surface area (Å²) in [6.45, 7) is 3.85. The zero-order valence-electron chi connectivity index (χ0n) is 16.4. The van der Waals surface area contributed by atoms with Crippen LogP contribution in [0.3, 0.4) is 0 Å². The molecule has 1 heterocycles. The van der Waals surface area contributed by atoms with Crippen molar-refractivity contribution in [2.75, 3.05) is 5.84 Å². The van der Waals surface area contributed by atoms with E-state index in [1.807, 2.05) is 44.2 Å². The van der Waals surface area contributed by atoms with E-state index in [4.69, 9.17) is 17.4 Å². The monoisotopic (exact) mass is 429 g/mol. The Morgan fingerprint density at radius 2 is 1.83 bits per heavy atom. The van der Waals surface area contributed by atoms with E-state index in [2.05, 4.69) is 27.6 Å². The van der Waals surface area contributed by atoms with Gasteiger partial charge in [-0.15, -0.1) is 10.2 Å². The van der Waals surface area contributed by atoms with Crippen LogP contribution in [0.5, 0.6) is 0 Å². The third-order valence-corrected chi connectivity index (χ3v) is 5.82. The Hall–Kier alpha value is -2.51. The number of hydrogen-bond acceptors (Lipinski definition) is 5. The van der Waals surface area contributed by atoms with Crippen molar-refractivity contribution in [1.29, 1.82) is 0 Å². The van der Waals surface area contributed by atoms with Gasteiger partial charge in [-0.25, -0.2) is 4.68 Å². The van der Waals surface area contributed by atoms with Crippen molar-refractivity contribution in [3.05, 3.63) is 65.2 Å². The smallest absolute Gasteiger partial charge is 0.233 e. The fourth-order valence-electron chi connectivity index (χ4n) is 2.83. The summed E-state index contributed by atoms with van der Waals surface area (Å²) in [7, 11) is 0. The number of amides is 1. The van der Waals surface area contributed by atoms with Crippen LogP contribution in [0.1, 0.15) is 25.8 Å². The molecule has 29 heavy (non-hydrogen) atoms. The first-order valence-corrected chi connectivity index (χ1v) is 10.7. The van der Waals surface area contributed by atoms with Gasteiger partial charge in [0.15, 0.2) is 5.82 Å². The summed E-state index contributed by atoms with van der Waals surface area (Å²) in [5, 5.41) is 12.1. The average Bonchev–Trinajstić information content (AvgIpc) is 3.08. The number of carbonyl (C=O) groups is 1. The van der Waals surface area contributed by atoms with Crippen molar-refractivity contribution in [3.8, 4) is 11.4 Å². The Bertz CT molecular complexity index is 945. The number of nitrogen functional groups attached to an aromatic ring is 1. The summed E-state index contributed by atoms with van der Waals surface area (Å²) >= 11 is 7.20. The van der Waals surface area contributed by atoms with Gasteiger partial charge in [0.2, 0.25) is 11.1 Å². The second-order valence-electron chi connectivity index (χ2n) is 6.88. The van der Waals surface area contributed by atoms with Crippen LogP contribution in [0, 0.1) is 0 Å². The lowest BCUT2D eigenvalue weighted by atomic mass is 10.1. The summed E-state index contributed by atoms with van der Waals surface area (Å²) < 4.78 is 1.40. The first-order chi connectivity index (χ1) is 13.9. The van der Waals surface area contributed by atoms with Crippen LogP contribution < -0.4 is 11.2 Å². The summed E-state index contributed by atoms with van der Waals surface area (Å²) in [5.74, 6) is 6.61. The Morgan fingerprint density at radius 1 is 1.14 bits per heavy atom. The van der Waals surface area contributed by atoms with E-state index in [-0.39, 0.29) is 17.2 Å². The SMILES string of the molecule is C[C@H](CCc1ccccc1)NC(=O)[C@H](C)Sc1nnc(-c2ccc(Cl)cc2)n1N. The molecule has 0 aliphatic carbocycles. The molecule has 2 atom stereocenters. The van der Waals surface area contributed by atoms with Crippen LogP contribution in [0.15, 0.2) is 59.8 Å². The molecule has 0 aliphatic heterocycles. The molecule has 1 amide bonds. The second kappa shape index (κ2) is 9.80. The maximum Gasteiger partial charge on any atom is 0.233 e. The molecule has 6 nitrogen and oxygen atoms in total. The molecular weight excluding hydrogens is 406 g/mol. The van der Waals surface area contributed by atoms with Crippen molar-refractivity contribution >= 4 is 29.3 Å². The summed E-state index contributed by atoms with van der Waals surface area (Å²) in [4.78, 5) is 12.5. The molecule has 2 aromatic carbocycles. The number of halogens is 1. The number of aryl methyl sites for hydroxylation is 1. The molecule has 0 radical (unpaired) electrons. The quantitative estimate of drug-likeness (QED) is 0.418. The van der Waals surface area contributed by atoms with Crippen LogP contribution in [-0.2, 0) is 11.2 Å². The molecule has 1 aromatic heterocycles. The van der Waals surface area contributed by atoms with Crippen LogP contribution >= 0.6 is 23.4 Å². The molecule has 3 N–H and O–H groups in total. The van der Waals surface area contributed by atoms with Gasteiger partial charge in [-0.2, -0.15) is 0 Å². The minimum absolute atomic E-state index is 0.0494. The van der Waals surface area contributed by atoms with E-state index >= 15 is 0 Å². The molecule has 0 aliphatic rings. The number of hydrogen-bond donors (Lipinski definition) is 2. The van der Waals surface area contributed by atoms with Crippen molar-refractivity contribution in [2.45, 2.75) is 43.1 Å². The highest BCUT2D eigenvalue weighted by atomic mass is 35.5.